The molecule has 0 fully saturated rings. The maximum atomic E-state index is 10.7. The Bertz CT molecular complexity index is 595. The van der Waals surface area contributed by atoms with Gasteiger partial charge in [-0.25, -0.2) is 0 Å². The minimum Gasteiger partial charge on any atom is -0.339 e. The van der Waals surface area contributed by atoms with Crippen LogP contribution in [-0.2, 0) is 6.42 Å². The van der Waals surface area contributed by atoms with Gasteiger partial charge >= 0.3 is 0 Å². The maximum absolute atomic E-state index is 10.7. The Morgan fingerprint density at radius 3 is 3.00 bits per heavy atom. The molecule has 20 heavy (non-hydrogen) atoms. The standard InChI is InChI=1S/C13H16N4O3/c1-9(14)4-2-7-12-15-13(16-20-12)10-5-3-6-11(8-10)17(18)19/h3,5-6,8-9H,2,4,7,14H2,1H3. The lowest BCUT2D eigenvalue weighted by molar-refractivity contribution is -0.384. The van der Waals surface area contributed by atoms with E-state index in [1.807, 2.05) is 6.92 Å². The van der Waals surface area contributed by atoms with Crippen LogP contribution in [0.3, 0.4) is 0 Å². The normalized spacial score (nSPS) is 12.3. The first-order valence-electron chi connectivity index (χ1n) is 6.39. The highest BCUT2D eigenvalue weighted by molar-refractivity contribution is 5.58. The van der Waals surface area contributed by atoms with Crippen molar-refractivity contribution < 1.29 is 9.45 Å². The molecule has 0 saturated heterocycles. The molecule has 1 heterocycles. The van der Waals surface area contributed by atoms with Crippen molar-refractivity contribution in [1.29, 1.82) is 0 Å². The molecule has 2 N–H and O–H groups in total. The van der Waals surface area contributed by atoms with Gasteiger partial charge in [0, 0.05) is 30.2 Å². The summed E-state index contributed by atoms with van der Waals surface area (Å²) in [7, 11) is 0. The number of nitro groups is 1. The van der Waals surface area contributed by atoms with Gasteiger partial charge in [-0.15, -0.1) is 0 Å². The molecule has 0 bridgehead atoms. The topological polar surface area (TPSA) is 108 Å². The predicted octanol–water partition coefficient (Wildman–Crippen LogP) is 2.31. The van der Waals surface area contributed by atoms with Gasteiger partial charge in [0.05, 0.1) is 4.92 Å². The molecule has 0 aliphatic rings. The second-order valence-corrected chi connectivity index (χ2v) is 4.69. The zero-order valence-electron chi connectivity index (χ0n) is 11.2. The second kappa shape index (κ2) is 6.25. The molecule has 2 rings (SSSR count). The summed E-state index contributed by atoms with van der Waals surface area (Å²) in [6, 6.07) is 6.31. The van der Waals surface area contributed by atoms with Crippen molar-refractivity contribution in [2.45, 2.75) is 32.2 Å². The van der Waals surface area contributed by atoms with E-state index in [0.717, 1.165) is 12.8 Å². The minimum atomic E-state index is -0.451. The van der Waals surface area contributed by atoms with Crippen LogP contribution >= 0.6 is 0 Å². The smallest absolute Gasteiger partial charge is 0.270 e. The highest BCUT2D eigenvalue weighted by Crippen LogP contribution is 2.21. The van der Waals surface area contributed by atoms with Gasteiger partial charge in [-0.1, -0.05) is 17.3 Å². The second-order valence-electron chi connectivity index (χ2n) is 4.69. The molecule has 1 aromatic carbocycles. The number of rotatable bonds is 6. The van der Waals surface area contributed by atoms with E-state index in [1.165, 1.54) is 12.1 Å². The molecule has 0 amide bonds. The van der Waals surface area contributed by atoms with Crippen LogP contribution in [0, 0.1) is 10.1 Å². The molecule has 1 aromatic heterocycles. The quantitative estimate of drug-likeness (QED) is 0.640. The molecular weight excluding hydrogens is 260 g/mol. The van der Waals surface area contributed by atoms with Crippen LogP contribution in [0.25, 0.3) is 11.4 Å². The SMILES string of the molecule is CC(N)CCCc1nc(-c2cccc([N+](=O)[O-])c2)no1. The van der Waals surface area contributed by atoms with Gasteiger partial charge < -0.3 is 10.3 Å². The molecule has 106 valence electrons. The molecule has 0 radical (unpaired) electrons. The first-order valence-corrected chi connectivity index (χ1v) is 6.39. The van der Waals surface area contributed by atoms with E-state index in [1.54, 1.807) is 12.1 Å². The van der Waals surface area contributed by atoms with E-state index in [2.05, 4.69) is 10.1 Å². The summed E-state index contributed by atoms with van der Waals surface area (Å²) < 4.78 is 5.13. The lowest BCUT2D eigenvalue weighted by Crippen LogP contribution is -2.14. The summed E-state index contributed by atoms with van der Waals surface area (Å²) in [5.74, 6) is 0.886. The highest BCUT2D eigenvalue weighted by atomic mass is 16.6. The molecule has 7 nitrogen and oxygen atoms in total. The number of nitro benzene ring substituents is 1. The molecule has 0 aliphatic carbocycles. The minimum absolute atomic E-state index is 0.00538. The van der Waals surface area contributed by atoms with Gasteiger partial charge in [0.1, 0.15) is 0 Å². The molecule has 1 atom stereocenters. The fourth-order valence-electron chi connectivity index (χ4n) is 1.81. The van der Waals surface area contributed by atoms with Crippen molar-refractivity contribution in [3.63, 3.8) is 0 Å². The molecule has 2 aromatic rings. The van der Waals surface area contributed by atoms with Gasteiger partial charge in [-0.2, -0.15) is 4.98 Å². The van der Waals surface area contributed by atoms with Crippen LogP contribution in [-0.4, -0.2) is 21.1 Å². The Morgan fingerprint density at radius 2 is 2.30 bits per heavy atom. The van der Waals surface area contributed by atoms with Crippen LogP contribution < -0.4 is 5.73 Å². The number of benzene rings is 1. The molecule has 7 heteroatoms. The number of aromatic nitrogens is 2. The van der Waals surface area contributed by atoms with E-state index >= 15 is 0 Å². The average Bonchev–Trinajstić information content (AvgIpc) is 2.87. The largest absolute Gasteiger partial charge is 0.339 e. The Balaban J connectivity index is 2.08. The van der Waals surface area contributed by atoms with E-state index in [-0.39, 0.29) is 11.7 Å². The Hall–Kier alpha value is -2.28. The van der Waals surface area contributed by atoms with Crippen LogP contribution in [0.2, 0.25) is 0 Å². The zero-order valence-corrected chi connectivity index (χ0v) is 11.2. The number of hydrogen-bond donors (Lipinski definition) is 1. The van der Waals surface area contributed by atoms with Crippen LogP contribution in [0.4, 0.5) is 5.69 Å². The first kappa shape index (κ1) is 14.1. The summed E-state index contributed by atoms with van der Waals surface area (Å²) in [5, 5.41) is 14.6. The maximum Gasteiger partial charge on any atom is 0.270 e. The van der Waals surface area contributed by atoms with Crippen molar-refractivity contribution in [3.05, 3.63) is 40.3 Å². The third-order valence-electron chi connectivity index (χ3n) is 2.83. The van der Waals surface area contributed by atoms with E-state index in [0.29, 0.717) is 23.7 Å². The Labute approximate surface area is 115 Å². The highest BCUT2D eigenvalue weighted by Gasteiger charge is 2.12. The predicted molar refractivity (Wildman–Crippen MR) is 73.0 cm³/mol. The lowest BCUT2D eigenvalue weighted by Gasteiger charge is -2.00. The average molecular weight is 276 g/mol. The van der Waals surface area contributed by atoms with Gasteiger partial charge in [0.25, 0.3) is 5.69 Å². The summed E-state index contributed by atoms with van der Waals surface area (Å²) in [5.41, 5.74) is 6.24. The van der Waals surface area contributed by atoms with Gasteiger partial charge in [-0.05, 0) is 19.8 Å². The Kier molecular flexibility index (Phi) is 4.41. The number of nitrogens with two attached hydrogens (primary N) is 1. The number of nitrogens with zero attached hydrogens (tertiary/aromatic N) is 3. The third kappa shape index (κ3) is 3.61. The van der Waals surface area contributed by atoms with Gasteiger partial charge in [-0.3, -0.25) is 10.1 Å². The molecule has 0 spiro atoms. The number of non-ortho nitro benzene ring substituents is 1. The van der Waals surface area contributed by atoms with Crippen molar-refractivity contribution in [3.8, 4) is 11.4 Å². The van der Waals surface area contributed by atoms with Crippen LogP contribution in [0.1, 0.15) is 25.7 Å². The van der Waals surface area contributed by atoms with Crippen LogP contribution in [0.15, 0.2) is 28.8 Å². The molecular formula is C13H16N4O3. The third-order valence-corrected chi connectivity index (χ3v) is 2.83. The van der Waals surface area contributed by atoms with E-state index < -0.39 is 4.92 Å². The van der Waals surface area contributed by atoms with E-state index in [9.17, 15) is 10.1 Å². The fraction of sp³-hybridized carbons (Fsp3) is 0.385. The molecule has 1 unspecified atom stereocenters. The summed E-state index contributed by atoms with van der Waals surface area (Å²) in [6.07, 6.45) is 2.41. The van der Waals surface area contributed by atoms with Crippen molar-refractivity contribution >= 4 is 5.69 Å². The molecule has 0 aliphatic heterocycles. The summed E-state index contributed by atoms with van der Waals surface area (Å²) >= 11 is 0. The van der Waals surface area contributed by atoms with Crippen molar-refractivity contribution in [1.82, 2.24) is 10.1 Å². The van der Waals surface area contributed by atoms with Crippen molar-refractivity contribution in [2.75, 3.05) is 0 Å². The Morgan fingerprint density at radius 1 is 1.50 bits per heavy atom. The van der Waals surface area contributed by atoms with E-state index in [4.69, 9.17) is 10.3 Å². The summed E-state index contributed by atoms with van der Waals surface area (Å²) in [6.45, 7) is 1.95. The zero-order chi connectivity index (χ0) is 14.5. The lowest BCUT2D eigenvalue weighted by atomic mass is 10.1. The fourth-order valence-corrected chi connectivity index (χ4v) is 1.81. The van der Waals surface area contributed by atoms with Gasteiger partial charge in [0.2, 0.25) is 11.7 Å². The molecule has 0 saturated carbocycles. The first-order chi connectivity index (χ1) is 9.56. The summed E-state index contributed by atoms with van der Waals surface area (Å²) in [4.78, 5) is 14.5. The number of aryl methyl sites for hydroxylation is 1. The number of hydrogen-bond acceptors (Lipinski definition) is 6. The van der Waals surface area contributed by atoms with Crippen molar-refractivity contribution in [2.24, 2.45) is 5.73 Å². The van der Waals surface area contributed by atoms with Crippen LogP contribution in [0.5, 0.6) is 0 Å². The monoisotopic (exact) mass is 276 g/mol. The van der Waals surface area contributed by atoms with Gasteiger partial charge in [0.15, 0.2) is 0 Å².